The minimum absolute atomic E-state index is 0. The highest BCUT2D eigenvalue weighted by atomic mass is 127. The molecule has 0 N–H and O–H groups in total. The Morgan fingerprint density at radius 3 is 1.81 bits per heavy atom. The van der Waals surface area contributed by atoms with Crippen LogP contribution in [0.3, 0.4) is 0 Å². The van der Waals surface area contributed by atoms with Gasteiger partial charge in [-0.15, -0.1) is 24.0 Å². The first kappa shape index (κ1) is 15.4. The molecule has 0 aliphatic carbocycles. The minimum atomic E-state index is 0. The van der Waals surface area contributed by atoms with Crippen LogP contribution in [0.2, 0.25) is 0 Å². The van der Waals surface area contributed by atoms with Gasteiger partial charge in [-0.3, -0.25) is 4.79 Å². The lowest BCUT2D eigenvalue weighted by Crippen LogP contribution is -2.03. The van der Waals surface area contributed by atoms with Gasteiger partial charge in [0.05, 0.1) is 0 Å². The quantitative estimate of drug-likeness (QED) is 0.447. The van der Waals surface area contributed by atoms with Crippen LogP contribution in [0.5, 0.6) is 0 Å². The average molecular weight is 386 g/mol. The maximum absolute atomic E-state index is 12.6. The van der Waals surface area contributed by atoms with Gasteiger partial charge in [-0.05, 0) is 11.1 Å². The normalized spacial score (nSPS) is 9.71. The van der Waals surface area contributed by atoms with Crippen LogP contribution in [-0.4, -0.2) is 5.78 Å². The molecule has 0 atom stereocenters. The number of hydrogen-bond acceptors (Lipinski definition) is 1. The van der Waals surface area contributed by atoms with E-state index in [4.69, 9.17) is 0 Å². The number of halogens is 1. The molecule has 0 spiro atoms. The largest absolute Gasteiger partial charge is 0.289 e. The summed E-state index contributed by atoms with van der Waals surface area (Å²) < 4.78 is 0. The summed E-state index contributed by atoms with van der Waals surface area (Å²) in [4.78, 5) is 12.6. The molecule has 3 aromatic carbocycles. The minimum Gasteiger partial charge on any atom is -0.289 e. The Labute approximate surface area is 141 Å². The van der Waals surface area contributed by atoms with E-state index in [1.165, 1.54) is 0 Å². The summed E-state index contributed by atoms with van der Waals surface area (Å²) in [7, 11) is 0. The van der Waals surface area contributed by atoms with Crippen LogP contribution < -0.4 is 0 Å². The predicted octanol–water partition coefficient (Wildman–Crippen LogP) is 5.20. The fourth-order valence-corrected chi connectivity index (χ4v) is 2.30. The molecule has 0 radical (unpaired) electrons. The van der Waals surface area contributed by atoms with Crippen molar-refractivity contribution in [3.8, 4) is 11.1 Å². The molecule has 0 aliphatic heterocycles. The highest BCUT2D eigenvalue weighted by molar-refractivity contribution is 14.0. The third-order valence-electron chi connectivity index (χ3n) is 3.29. The molecule has 21 heavy (non-hydrogen) atoms. The van der Waals surface area contributed by atoms with Crippen molar-refractivity contribution >= 4 is 29.8 Å². The number of hydrogen-bond donors (Lipinski definition) is 0. The summed E-state index contributed by atoms with van der Waals surface area (Å²) in [6, 6.07) is 27.1. The fourth-order valence-electron chi connectivity index (χ4n) is 2.30. The summed E-state index contributed by atoms with van der Waals surface area (Å²) in [5, 5.41) is 0. The highest BCUT2D eigenvalue weighted by Crippen LogP contribution is 2.25. The van der Waals surface area contributed by atoms with E-state index in [9.17, 15) is 4.79 Å². The molecular formula is C19H15IO. The van der Waals surface area contributed by atoms with Crippen LogP contribution >= 0.6 is 24.0 Å². The third kappa shape index (κ3) is 3.39. The molecule has 0 heterocycles. The van der Waals surface area contributed by atoms with Crippen LogP contribution in [0.4, 0.5) is 0 Å². The first-order valence-corrected chi connectivity index (χ1v) is 6.60. The van der Waals surface area contributed by atoms with E-state index in [2.05, 4.69) is 0 Å². The molecule has 3 aromatic rings. The van der Waals surface area contributed by atoms with Crippen LogP contribution in [-0.2, 0) is 0 Å². The zero-order valence-corrected chi connectivity index (χ0v) is 13.7. The van der Waals surface area contributed by atoms with Crippen molar-refractivity contribution in [2.24, 2.45) is 0 Å². The van der Waals surface area contributed by atoms with E-state index in [1.54, 1.807) is 0 Å². The van der Waals surface area contributed by atoms with Crippen molar-refractivity contribution in [2.45, 2.75) is 0 Å². The number of carbonyl (C=O) groups is 1. The van der Waals surface area contributed by atoms with Crippen LogP contribution in [0.1, 0.15) is 15.9 Å². The maximum Gasteiger partial charge on any atom is 0.193 e. The summed E-state index contributed by atoms with van der Waals surface area (Å²) in [6.07, 6.45) is 0. The molecule has 3 rings (SSSR count). The molecule has 0 saturated carbocycles. The van der Waals surface area contributed by atoms with Crippen molar-refractivity contribution in [3.63, 3.8) is 0 Å². The second-order valence-electron chi connectivity index (χ2n) is 4.61. The molecule has 0 aliphatic rings. The monoisotopic (exact) mass is 386 g/mol. The summed E-state index contributed by atoms with van der Waals surface area (Å²) in [6.45, 7) is 0. The SMILES string of the molecule is I.O=C(c1ccccc1)c1ccccc1-c1ccccc1. The van der Waals surface area contributed by atoms with E-state index in [1.807, 2.05) is 84.9 Å². The Kier molecular flexibility index (Phi) is 5.28. The molecule has 0 fully saturated rings. The molecule has 0 bridgehead atoms. The standard InChI is InChI=1S/C19H14O.HI/c20-19(16-11-5-2-6-12-16)18-14-8-7-13-17(18)15-9-3-1-4-10-15;/h1-14H;1H. The lowest BCUT2D eigenvalue weighted by Gasteiger charge is -2.09. The van der Waals surface area contributed by atoms with Gasteiger partial charge in [0, 0.05) is 11.1 Å². The lowest BCUT2D eigenvalue weighted by molar-refractivity contribution is 0.103. The van der Waals surface area contributed by atoms with Gasteiger partial charge in [-0.1, -0.05) is 84.9 Å². The Hall–Kier alpha value is -1.94. The van der Waals surface area contributed by atoms with Gasteiger partial charge in [0.15, 0.2) is 5.78 Å². The van der Waals surface area contributed by atoms with E-state index >= 15 is 0 Å². The Bertz CT molecular complexity index is 721. The van der Waals surface area contributed by atoms with Crippen LogP contribution in [0.25, 0.3) is 11.1 Å². The second kappa shape index (κ2) is 7.18. The molecule has 0 amide bonds. The van der Waals surface area contributed by atoms with Gasteiger partial charge >= 0.3 is 0 Å². The van der Waals surface area contributed by atoms with Crippen molar-refractivity contribution in [1.29, 1.82) is 0 Å². The second-order valence-corrected chi connectivity index (χ2v) is 4.61. The highest BCUT2D eigenvalue weighted by Gasteiger charge is 2.13. The molecule has 1 nitrogen and oxygen atoms in total. The van der Waals surface area contributed by atoms with E-state index in [0.29, 0.717) is 0 Å². The number of rotatable bonds is 3. The maximum atomic E-state index is 12.6. The van der Waals surface area contributed by atoms with Gasteiger partial charge in [-0.25, -0.2) is 0 Å². The Morgan fingerprint density at radius 1 is 0.619 bits per heavy atom. The third-order valence-corrected chi connectivity index (χ3v) is 3.29. The van der Waals surface area contributed by atoms with Crippen molar-refractivity contribution in [3.05, 3.63) is 96.1 Å². The molecule has 104 valence electrons. The summed E-state index contributed by atoms with van der Waals surface area (Å²) in [5.74, 6) is 0.0602. The van der Waals surface area contributed by atoms with Crippen molar-refractivity contribution < 1.29 is 4.79 Å². The molecule has 0 aromatic heterocycles. The topological polar surface area (TPSA) is 17.1 Å². The fraction of sp³-hybridized carbons (Fsp3) is 0. The van der Waals surface area contributed by atoms with E-state index < -0.39 is 0 Å². The van der Waals surface area contributed by atoms with Gasteiger partial charge in [0.2, 0.25) is 0 Å². The molecular weight excluding hydrogens is 371 g/mol. The summed E-state index contributed by atoms with van der Waals surface area (Å²) in [5.41, 5.74) is 3.50. The number of benzene rings is 3. The van der Waals surface area contributed by atoms with Gasteiger partial charge in [-0.2, -0.15) is 0 Å². The summed E-state index contributed by atoms with van der Waals surface area (Å²) >= 11 is 0. The molecule has 0 unspecified atom stereocenters. The Morgan fingerprint density at radius 2 is 1.14 bits per heavy atom. The predicted molar refractivity (Wildman–Crippen MR) is 97.2 cm³/mol. The van der Waals surface area contributed by atoms with Crippen LogP contribution in [0, 0.1) is 0 Å². The van der Waals surface area contributed by atoms with Gasteiger partial charge < -0.3 is 0 Å². The van der Waals surface area contributed by atoms with Crippen molar-refractivity contribution in [2.75, 3.05) is 0 Å². The first-order valence-electron chi connectivity index (χ1n) is 6.60. The Balaban J connectivity index is 0.00000161. The zero-order chi connectivity index (χ0) is 13.8. The lowest BCUT2D eigenvalue weighted by atomic mass is 9.94. The smallest absolute Gasteiger partial charge is 0.193 e. The molecule has 2 heteroatoms. The van der Waals surface area contributed by atoms with E-state index in [-0.39, 0.29) is 29.8 Å². The van der Waals surface area contributed by atoms with Gasteiger partial charge in [0.25, 0.3) is 0 Å². The zero-order valence-electron chi connectivity index (χ0n) is 11.4. The first-order chi connectivity index (χ1) is 9.86. The number of ketones is 1. The number of carbonyl (C=O) groups excluding carboxylic acids is 1. The average Bonchev–Trinajstić information content (AvgIpc) is 2.56. The van der Waals surface area contributed by atoms with E-state index in [0.717, 1.165) is 22.3 Å². The molecule has 0 saturated heterocycles. The van der Waals surface area contributed by atoms with Crippen LogP contribution in [0.15, 0.2) is 84.9 Å². The van der Waals surface area contributed by atoms with Gasteiger partial charge in [0.1, 0.15) is 0 Å². The van der Waals surface area contributed by atoms with Crippen molar-refractivity contribution in [1.82, 2.24) is 0 Å².